The summed E-state index contributed by atoms with van der Waals surface area (Å²) in [6.07, 6.45) is 4.26. The normalized spacial score (nSPS) is 10.9. The molecular weight excluding hydrogens is 236 g/mol. The van der Waals surface area contributed by atoms with Crippen LogP contribution in [0.15, 0.2) is 24.3 Å². The molecule has 4 heteroatoms. The molecule has 0 aliphatic rings. The molecule has 102 valence electrons. The van der Waals surface area contributed by atoms with Crippen molar-refractivity contribution in [3.8, 4) is 5.69 Å². The Morgan fingerprint density at radius 1 is 1.21 bits per heavy atom. The highest BCUT2D eigenvalue weighted by Crippen LogP contribution is 2.19. The summed E-state index contributed by atoms with van der Waals surface area (Å²) in [5.74, 6) is 0. The van der Waals surface area contributed by atoms with Gasteiger partial charge in [0.25, 0.3) is 0 Å². The first-order chi connectivity index (χ1) is 9.31. The Labute approximate surface area is 114 Å². The van der Waals surface area contributed by atoms with Gasteiger partial charge in [0.2, 0.25) is 0 Å². The second-order valence-corrected chi connectivity index (χ2v) is 4.68. The molecule has 0 aliphatic heterocycles. The maximum Gasteiger partial charge on any atom is 0.0999 e. The molecule has 2 rings (SSSR count). The maximum atomic E-state index is 5.77. The molecule has 0 saturated heterocycles. The molecule has 0 atom stereocenters. The number of aromatic nitrogens is 3. The molecule has 19 heavy (non-hydrogen) atoms. The van der Waals surface area contributed by atoms with Gasteiger partial charge >= 0.3 is 0 Å². The number of aryl methyl sites for hydroxylation is 1. The number of hydrogen-bond acceptors (Lipinski definition) is 3. The Morgan fingerprint density at radius 3 is 2.68 bits per heavy atom. The molecule has 1 aromatic carbocycles. The van der Waals surface area contributed by atoms with Gasteiger partial charge in [0, 0.05) is 6.54 Å². The van der Waals surface area contributed by atoms with Crippen LogP contribution in [0.5, 0.6) is 0 Å². The topological polar surface area (TPSA) is 56.7 Å². The summed E-state index contributed by atoms with van der Waals surface area (Å²) in [7, 11) is 0. The fraction of sp³-hybridized carbons (Fsp3) is 0.467. The lowest BCUT2D eigenvalue weighted by molar-refractivity contribution is 0.710. The van der Waals surface area contributed by atoms with Gasteiger partial charge in [-0.15, -0.1) is 5.10 Å². The third kappa shape index (κ3) is 2.84. The number of unbranched alkanes of at least 4 members (excludes halogenated alkanes) is 1. The van der Waals surface area contributed by atoms with Crippen LogP contribution in [0.2, 0.25) is 0 Å². The van der Waals surface area contributed by atoms with E-state index in [2.05, 4.69) is 42.4 Å². The van der Waals surface area contributed by atoms with Crippen molar-refractivity contribution in [2.24, 2.45) is 5.73 Å². The van der Waals surface area contributed by atoms with Gasteiger partial charge in [0.05, 0.1) is 17.1 Å². The van der Waals surface area contributed by atoms with E-state index in [1.54, 1.807) is 0 Å². The number of nitrogens with two attached hydrogens (primary N) is 1. The van der Waals surface area contributed by atoms with Crippen molar-refractivity contribution >= 4 is 0 Å². The lowest BCUT2D eigenvalue weighted by Crippen LogP contribution is -2.08. The molecule has 0 radical (unpaired) electrons. The minimum atomic E-state index is 0.452. The predicted molar refractivity (Wildman–Crippen MR) is 77.2 cm³/mol. The van der Waals surface area contributed by atoms with Gasteiger partial charge in [0.15, 0.2) is 0 Å². The molecule has 2 N–H and O–H groups in total. The minimum Gasteiger partial charge on any atom is -0.325 e. The third-order valence-electron chi connectivity index (χ3n) is 3.40. The first-order valence-corrected chi connectivity index (χ1v) is 7.03. The van der Waals surface area contributed by atoms with Crippen molar-refractivity contribution < 1.29 is 0 Å². The average molecular weight is 258 g/mol. The lowest BCUT2D eigenvalue weighted by atomic mass is 10.1. The van der Waals surface area contributed by atoms with Crippen LogP contribution < -0.4 is 5.73 Å². The lowest BCUT2D eigenvalue weighted by Gasteiger charge is -2.11. The van der Waals surface area contributed by atoms with Crippen LogP contribution in [0.25, 0.3) is 5.69 Å². The monoisotopic (exact) mass is 258 g/mol. The average Bonchev–Trinajstić information content (AvgIpc) is 2.87. The largest absolute Gasteiger partial charge is 0.325 e. The second kappa shape index (κ2) is 6.48. The van der Waals surface area contributed by atoms with Gasteiger partial charge in [-0.1, -0.05) is 43.7 Å². The van der Waals surface area contributed by atoms with Gasteiger partial charge in [-0.2, -0.15) is 0 Å². The van der Waals surface area contributed by atoms with Crippen LogP contribution in [0.4, 0.5) is 0 Å². The smallest absolute Gasteiger partial charge is 0.0999 e. The summed E-state index contributed by atoms with van der Waals surface area (Å²) in [5.41, 5.74) is 10.3. The van der Waals surface area contributed by atoms with Crippen LogP contribution in [-0.4, -0.2) is 15.0 Å². The molecule has 4 nitrogen and oxygen atoms in total. The fourth-order valence-electron chi connectivity index (χ4n) is 2.30. The van der Waals surface area contributed by atoms with E-state index in [0.717, 1.165) is 42.8 Å². The van der Waals surface area contributed by atoms with E-state index in [1.165, 1.54) is 5.56 Å². The zero-order valence-electron chi connectivity index (χ0n) is 11.8. The molecule has 1 aromatic heterocycles. The SMILES string of the molecule is CCCCc1c(CN)nnn1-c1ccccc1CC. The van der Waals surface area contributed by atoms with Crippen LogP contribution in [0, 0.1) is 0 Å². The van der Waals surface area contributed by atoms with Gasteiger partial charge in [-0.25, -0.2) is 4.68 Å². The van der Waals surface area contributed by atoms with E-state index < -0.39 is 0 Å². The van der Waals surface area contributed by atoms with E-state index in [1.807, 2.05) is 10.7 Å². The Hall–Kier alpha value is -1.68. The summed E-state index contributed by atoms with van der Waals surface area (Å²) in [6, 6.07) is 8.35. The Bertz CT molecular complexity index is 531. The van der Waals surface area contributed by atoms with Crippen molar-refractivity contribution in [3.63, 3.8) is 0 Å². The molecule has 1 heterocycles. The van der Waals surface area contributed by atoms with Crippen molar-refractivity contribution in [1.82, 2.24) is 15.0 Å². The zero-order valence-corrected chi connectivity index (χ0v) is 11.8. The van der Waals surface area contributed by atoms with Crippen LogP contribution in [0.1, 0.15) is 43.6 Å². The second-order valence-electron chi connectivity index (χ2n) is 4.68. The minimum absolute atomic E-state index is 0.452. The van der Waals surface area contributed by atoms with Crippen molar-refractivity contribution in [2.45, 2.75) is 46.1 Å². The quantitative estimate of drug-likeness (QED) is 0.866. The van der Waals surface area contributed by atoms with Crippen molar-refractivity contribution in [2.75, 3.05) is 0 Å². The van der Waals surface area contributed by atoms with E-state index in [9.17, 15) is 0 Å². The van der Waals surface area contributed by atoms with Crippen molar-refractivity contribution in [1.29, 1.82) is 0 Å². The van der Waals surface area contributed by atoms with Crippen LogP contribution >= 0.6 is 0 Å². The summed E-state index contributed by atoms with van der Waals surface area (Å²) in [6.45, 7) is 4.80. The van der Waals surface area contributed by atoms with Crippen molar-refractivity contribution in [3.05, 3.63) is 41.2 Å². The van der Waals surface area contributed by atoms with E-state index in [-0.39, 0.29) is 0 Å². The molecule has 0 aliphatic carbocycles. The summed E-state index contributed by atoms with van der Waals surface area (Å²) < 4.78 is 1.97. The van der Waals surface area contributed by atoms with Gasteiger partial charge in [0.1, 0.15) is 0 Å². The zero-order chi connectivity index (χ0) is 13.7. The number of benzene rings is 1. The number of nitrogens with zero attached hydrogens (tertiary/aromatic N) is 3. The molecule has 0 unspecified atom stereocenters. The van der Waals surface area contributed by atoms with Crippen LogP contribution in [0.3, 0.4) is 0 Å². The summed E-state index contributed by atoms with van der Waals surface area (Å²) in [5, 5.41) is 8.53. The Morgan fingerprint density at radius 2 is 2.00 bits per heavy atom. The molecule has 0 fully saturated rings. The molecule has 0 amide bonds. The number of hydrogen-bond donors (Lipinski definition) is 1. The van der Waals surface area contributed by atoms with E-state index >= 15 is 0 Å². The first-order valence-electron chi connectivity index (χ1n) is 7.03. The van der Waals surface area contributed by atoms with E-state index in [4.69, 9.17) is 5.73 Å². The summed E-state index contributed by atoms with van der Waals surface area (Å²) in [4.78, 5) is 0. The fourth-order valence-corrected chi connectivity index (χ4v) is 2.30. The van der Waals surface area contributed by atoms with Crippen LogP contribution in [-0.2, 0) is 19.4 Å². The highest BCUT2D eigenvalue weighted by Gasteiger charge is 2.14. The van der Waals surface area contributed by atoms with Gasteiger partial charge in [-0.3, -0.25) is 0 Å². The summed E-state index contributed by atoms with van der Waals surface area (Å²) >= 11 is 0. The first kappa shape index (κ1) is 13.7. The predicted octanol–water partition coefficient (Wildman–Crippen LogP) is 2.63. The number of para-hydroxylation sites is 1. The molecule has 2 aromatic rings. The molecule has 0 spiro atoms. The Kier molecular flexibility index (Phi) is 4.68. The van der Waals surface area contributed by atoms with E-state index in [0.29, 0.717) is 6.54 Å². The maximum absolute atomic E-state index is 5.77. The molecular formula is C15H22N4. The molecule has 0 saturated carbocycles. The Balaban J connectivity index is 2.46. The molecule has 0 bridgehead atoms. The van der Waals surface area contributed by atoms with Gasteiger partial charge in [-0.05, 0) is 30.9 Å². The van der Waals surface area contributed by atoms with Gasteiger partial charge < -0.3 is 5.73 Å². The highest BCUT2D eigenvalue weighted by atomic mass is 15.4. The highest BCUT2D eigenvalue weighted by molar-refractivity contribution is 5.42. The number of rotatable bonds is 6. The standard InChI is InChI=1S/C15H22N4/c1-3-5-9-15-13(11-16)17-18-19(15)14-10-7-6-8-12(14)4-2/h6-8,10H,3-5,9,11,16H2,1-2H3. The third-order valence-corrected chi connectivity index (χ3v) is 3.40.